The van der Waals surface area contributed by atoms with Crippen LogP contribution in [0.25, 0.3) is 5.57 Å². The van der Waals surface area contributed by atoms with Crippen molar-refractivity contribution in [2.24, 2.45) is 0 Å². The summed E-state index contributed by atoms with van der Waals surface area (Å²) in [6.45, 7) is 0.773. The maximum absolute atomic E-state index is 12.5. The Labute approximate surface area is 168 Å². The number of aliphatic hydroxyl groups excluding tert-OH is 2. The molecular weight excluding hydrogens is 380 g/mol. The van der Waals surface area contributed by atoms with Gasteiger partial charge in [0.25, 0.3) is 0 Å². The van der Waals surface area contributed by atoms with Gasteiger partial charge in [0.15, 0.2) is 0 Å². The largest absolute Gasteiger partial charge is 0.462 e. The van der Waals surface area contributed by atoms with Gasteiger partial charge in [-0.05, 0) is 30.2 Å². The molecule has 2 N–H and O–H groups in total. The number of aliphatic hydroxyl groups is 2. The number of hydrogen-bond donors (Lipinski definition) is 2. The quantitative estimate of drug-likeness (QED) is 0.244. The molecule has 1 aromatic carbocycles. The van der Waals surface area contributed by atoms with Crippen LogP contribution in [0.5, 0.6) is 0 Å². The normalized spacial score (nSPS) is 12.0. The van der Waals surface area contributed by atoms with Crippen molar-refractivity contribution in [1.29, 1.82) is 0 Å². The van der Waals surface area contributed by atoms with E-state index < -0.39 is 17.9 Å². The zero-order chi connectivity index (χ0) is 21.5. The summed E-state index contributed by atoms with van der Waals surface area (Å²) in [6.07, 6.45) is 4.73. The van der Waals surface area contributed by atoms with E-state index in [4.69, 9.17) is 24.4 Å². The summed E-state index contributed by atoms with van der Waals surface area (Å²) in [5, 5.41) is 17.5. The molecule has 0 fully saturated rings. The van der Waals surface area contributed by atoms with E-state index in [0.29, 0.717) is 11.1 Å². The first-order valence-corrected chi connectivity index (χ1v) is 8.91. The Balaban J connectivity index is 3.38. The van der Waals surface area contributed by atoms with E-state index in [1.54, 1.807) is 37.3 Å². The first kappa shape index (κ1) is 23.8. The van der Waals surface area contributed by atoms with Crippen molar-refractivity contribution in [3.63, 3.8) is 0 Å². The van der Waals surface area contributed by atoms with E-state index in [9.17, 15) is 14.4 Å². The van der Waals surface area contributed by atoms with Gasteiger partial charge in [0.1, 0.15) is 13.2 Å². The van der Waals surface area contributed by atoms with Gasteiger partial charge in [-0.3, -0.25) is 0 Å². The Morgan fingerprint density at radius 1 is 0.828 bits per heavy atom. The van der Waals surface area contributed by atoms with E-state index in [-0.39, 0.29) is 38.6 Å². The summed E-state index contributed by atoms with van der Waals surface area (Å²) < 4.78 is 14.6. The van der Waals surface area contributed by atoms with Gasteiger partial charge in [0.2, 0.25) is 0 Å². The molecule has 0 aliphatic carbocycles. The second kappa shape index (κ2) is 13.9. The molecule has 0 aliphatic rings. The average Bonchev–Trinajstić information content (AvgIpc) is 2.73. The lowest BCUT2D eigenvalue weighted by Crippen LogP contribution is -2.10. The van der Waals surface area contributed by atoms with Crippen molar-refractivity contribution >= 4 is 23.5 Å². The molecule has 0 amide bonds. The van der Waals surface area contributed by atoms with Crippen LogP contribution in [0.15, 0.2) is 60.2 Å². The highest BCUT2D eigenvalue weighted by Crippen LogP contribution is 2.23. The molecule has 1 aromatic rings. The Morgan fingerprint density at radius 3 is 1.90 bits per heavy atom. The summed E-state index contributed by atoms with van der Waals surface area (Å²) in [6, 6.07) is 8.71. The van der Waals surface area contributed by atoms with Crippen LogP contribution in [0.3, 0.4) is 0 Å². The molecule has 0 aromatic heterocycles. The lowest BCUT2D eigenvalue weighted by molar-refractivity contribution is -0.139. The second-order valence-electron chi connectivity index (χ2n) is 5.36. The number of carbonyl (C=O) groups excluding carboxylic acids is 3. The van der Waals surface area contributed by atoms with E-state index in [1.165, 1.54) is 12.2 Å². The van der Waals surface area contributed by atoms with Crippen LogP contribution >= 0.6 is 0 Å². The van der Waals surface area contributed by atoms with Gasteiger partial charge in [-0.2, -0.15) is 0 Å². The minimum atomic E-state index is -0.750. The topological polar surface area (TPSA) is 119 Å². The van der Waals surface area contributed by atoms with Crippen LogP contribution in [0, 0.1) is 0 Å². The van der Waals surface area contributed by atoms with Crippen LogP contribution < -0.4 is 0 Å². The molecule has 29 heavy (non-hydrogen) atoms. The summed E-state index contributed by atoms with van der Waals surface area (Å²) in [5.41, 5.74) is 0.927. The minimum absolute atomic E-state index is 0.0187. The van der Waals surface area contributed by atoms with Crippen LogP contribution in [-0.2, 0) is 28.6 Å². The van der Waals surface area contributed by atoms with Crippen molar-refractivity contribution in [1.82, 2.24) is 0 Å². The van der Waals surface area contributed by atoms with Crippen molar-refractivity contribution in [2.45, 2.75) is 6.92 Å². The fourth-order valence-corrected chi connectivity index (χ4v) is 2.13. The fraction of sp³-hybridized carbons (Fsp3) is 0.286. The molecule has 0 radical (unpaired) electrons. The molecule has 156 valence electrons. The first-order chi connectivity index (χ1) is 14.0. The van der Waals surface area contributed by atoms with Crippen molar-refractivity contribution < 1.29 is 38.8 Å². The van der Waals surface area contributed by atoms with Gasteiger partial charge < -0.3 is 24.4 Å². The summed E-state index contributed by atoms with van der Waals surface area (Å²) in [4.78, 5) is 36.0. The number of ether oxygens (including phenoxy) is 3. The first-order valence-electron chi connectivity index (χ1n) is 8.91. The molecule has 0 aliphatic heterocycles. The SMILES string of the molecule is CCOC(=O)C(/C=C/C(=O)OCCO)=C(\C=C\C(=O)OCCO)c1ccccc1. The highest BCUT2D eigenvalue weighted by Gasteiger charge is 2.15. The fourth-order valence-electron chi connectivity index (χ4n) is 2.13. The molecule has 0 unspecified atom stereocenters. The third-order valence-corrected chi connectivity index (χ3v) is 3.31. The smallest absolute Gasteiger partial charge is 0.338 e. The van der Waals surface area contributed by atoms with Gasteiger partial charge >= 0.3 is 17.9 Å². The van der Waals surface area contributed by atoms with Crippen LogP contribution in [0.1, 0.15) is 12.5 Å². The van der Waals surface area contributed by atoms with Gasteiger partial charge in [-0.15, -0.1) is 0 Å². The molecule has 0 heterocycles. The van der Waals surface area contributed by atoms with Crippen molar-refractivity contribution in [3.05, 3.63) is 65.8 Å². The van der Waals surface area contributed by atoms with E-state index in [1.807, 2.05) is 0 Å². The summed E-state index contributed by atoms with van der Waals surface area (Å²) in [7, 11) is 0. The predicted molar refractivity (Wildman–Crippen MR) is 104 cm³/mol. The number of allylic oxidation sites excluding steroid dienone is 2. The van der Waals surface area contributed by atoms with E-state index in [0.717, 1.165) is 12.2 Å². The number of carbonyl (C=O) groups is 3. The van der Waals surface area contributed by atoms with E-state index in [2.05, 4.69) is 0 Å². The third-order valence-electron chi connectivity index (χ3n) is 3.31. The van der Waals surface area contributed by atoms with Gasteiger partial charge in [0, 0.05) is 12.2 Å². The number of hydrogen-bond acceptors (Lipinski definition) is 8. The average molecular weight is 404 g/mol. The molecule has 0 spiro atoms. The maximum atomic E-state index is 12.5. The molecule has 0 saturated carbocycles. The summed E-state index contributed by atoms with van der Waals surface area (Å²) >= 11 is 0. The Hall–Kier alpha value is -3.23. The van der Waals surface area contributed by atoms with Crippen molar-refractivity contribution in [3.8, 4) is 0 Å². The monoisotopic (exact) mass is 404 g/mol. The van der Waals surface area contributed by atoms with Gasteiger partial charge in [0.05, 0.1) is 25.4 Å². The number of rotatable bonds is 11. The minimum Gasteiger partial charge on any atom is -0.462 e. The Morgan fingerprint density at radius 2 is 1.38 bits per heavy atom. The zero-order valence-electron chi connectivity index (χ0n) is 16.1. The lowest BCUT2D eigenvalue weighted by atomic mass is 9.98. The van der Waals surface area contributed by atoms with Gasteiger partial charge in [-0.1, -0.05) is 30.3 Å². The molecular formula is C21H24O8. The number of benzene rings is 1. The standard InChI is InChI=1S/C21H24O8/c1-2-27-21(26)18(9-11-20(25)29-15-13-23)17(16-6-4-3-5-7-16)8-10-19(24)28-14-12-22/h3-11,22-23H,2,12-15H2,1H3/b10-8+,11-9+,18-17+. The highest BCUT2D eigenvalue weighted by molar-refractivity contribution is 6.04. The lowest BCUT2D eigenvalue weighted by Gasteiger charge is -2.10. The predicted octanol–water partition coefficient (Wildman–Crippen LogP) is 1.19. The van der Waals surface area contributed by atoms with Crippen LogP contribution in [-0.4, -0.2) is 61.2 Å². The Bertz CT molecular complexity index is 762. The second-order valence-corrected chi connectivity index (χ2v) is 5.36. The van der Waals surface area contributed by atoms with Crippen LogP contribution in [0.4, 0.5) is 0 Å². The van der Waals surface area contributed by atoms with Crippen LogP contribution in [0.2, 0.25) is 0 Å². The van der Waals surface area contributed by atoms with Gasteiger partial charge in [-0.25, -0.2) is 14.4 Å². The third kappa shape index (κ3) is 9.00. The molecule has 8 nitrogen and oxygen atoms in total. The summed E-state index contributed by atoms with van der Waals surface area (Å²) in [5.74, 6) is -2.16. The maximum Gasteiger partial charge on any atom is 0.338 e. The molecule has 0 atom stereocenters. The van der Waals surface area contributed by atoms with E-state index >= 15 is 0 Å². The highest BCUT2D eigenvalue weighted by atomic mass is 16.5. The number of esters is 3. The Kier molecular flexibility index (Phi) is 11.4. The molecule has 0 bridgehead atoms. The van der Waals surface area contributed by atoms with Crippen molar-refractivity contribution in [2.75, 3.05) is 33.0 Å². The molecule has 8 heteroatoms. The molecule has 1 rings (SSSR count). The zero-order valence-corrected chi connectivity index (χ0v) is 16.1. The molecule has 0 saturated heterocycles.